The van der Waals surface area contributed by atoms with E-state index in [1.807, 2.05) is 16.5 Å². The van der Waals surface area contributed by atoms with Crippen LogP contribution >= 0.6 is 11.3 Å². The summed E-state index contributed by atoms with van der Waals surface area (Å²) >= 11 is 1.64. The lowest BCUT2D eigenvalue weighted by atomic mass is 10.0. The summed E-state index contributed by atoms with van der Waals surface area (Å²) < 4.78 is 1.80. The number of nitrogens with one attached hydrogen (secondary N) is 1. The first-order chi connectivity index (χ1) is 12.8. The summed E-state index contributed by atoms with van der Waals surface area (Å²) in [5.41, 5.74) is 0.448. The van der Waals surface area contributed by atoms with E-state index in [9.17, 15) is 4.79 Å². The summed E-state index contributed by atoms with van der Waals surface area (Å²) in [6, 6.07) is 0.561. The Bertz CT molecular complexity index is 703. The van der Waals surface area contributed by atoms with Crippen LogP contribution in [0.2, 0.25) is 0 Å². The number of hydrogen-bond donors (Lipinski definition) is 1. The molecule has 2 aromatic rings. The fourth-order valence-corrected chi connectivity index (χ4v) is 4.30. The summed E-state index contributed by atoms with van der Waals surface area (Å²) in [5, 5.41) is 14.8. The highest BCUT2D eigenvalue weighted by Gasteiger charge is 2.25. The molecule has 0 radical (unpaired) electrons. The molecular weight excluding hydrogens is 350 g/mol. The normalized spacial score (nSPS) is 21.2. The Morgan fingerprint density at radius 2 is 2.15 bits per heavy atom. The molecular formula is C17H25N7OS. The van der Waals surface area contributed by atoms with Crippen molar-refractivity contribution in [1.29, 1.82) is 0 Å². The van der Waals surface area contributed by atoms with Crippen molar-refractivity contribution in [3.8, 4) is 0 Å². The third-order valence-corrected chi connectivity index (χ3v) is 5.97. The second-order valence-corrected chi connectivity index (χ2v) is 7.77. The average molecular weight is 376 g/mol. The third kappa shape index (κ3) is 4.04. The van der Waals surface area contributed by atoms with Gasteiger partial charge in [-0.15, -0.1) is 16.4 Å². The van der Waals surface area contributed by atoms with Crippen LogP contribution in [0.15, 0.2) is 17.8 Å². The Balaban J connectivity index is 1.28. The maximum atomic E-state index is 12.7. The van der Waals surface area contributed by atoms with Crippen LogP contribution in [0.3, 0.4) is 0 Å². The van der Waals surface area contributed by atoms with Crippen molar-refractivity contribution in [2.45, 2.75) is 38.3 Å². The van der Waals surface area contributed by atoms with E-state index in [2.05, 4.69) is 25.5 Å². The zero-order valence-electron chi connectivity index (χ0n) is 14.9. The number of hydrogen-bond acceptors (Lipinski definition) is 7. The van der Waals surface area contributed by atoms with Crippen LogP contribution in [0.5, 0.6) is 0 Å². The summed E-state index contributed by atoms with van der Waals surface area (Å²) in [6.07, 6.45) is 8.43. The van der Waals surface area contributed by atoms with Crippen molar-refractivity contribution in [1.82, 2.24) is 30.2 Å². The second-order valence-electron chi connectivity index (χ2n) is 6.90. The number of anilines is 1. The number of rotatable bonds is 5. The minimum absolute atomic E-state index is 0.0224. The van der Waals surface area contributed by atoms with Gasteiger partial charge in [0.05, 0.1) is 6.20 Å². The van der Waals surface area contributed by atoms with Gasteiger partial charge in [0.2, 0.25) is 0 Å². The molecule has 9 heteroatoms. The smallest absolute Gasteiger partial charge is 0.276 e. The van der Waals surface area contributed by atoms with Gasteiger partial charge in [-0.2, -0.15) is 0 Å². The summed E-state index contributed by atoms with van der Waals surface area (Å²) in [5.74, 6) is -0.0224. The molecule has 0 aromatic carbocycles. The Morgan fingerprint density at radius 3 is 2.88 bits per heavy atom. The van der Waals surface area contributed by atoms with Crippen LogP contribution in [0.4, 0.5) is 5.13 Å². The van der Waals surface area contributed by atoms with Gasteiger partial charge in [-0.25, -0.2) is 4.98 Å². The molecule has 0 saturated carbocycles. The number of aromatic nitrogens is 4. The van der Waals surface area contributed by atoms with Gasteiger partial charge in [0.15, 0.2) is 10.8 Å². The highest BCUT2D eigenvalue weighted by atomic mass is 32.1. The molecule has 1 N–H and O–H groups in total. The van der Waals surface area contributed by atoms with E-state index >= 15 is 0 Å². The van der Waals surface area contributed by atoms with Gasteiger partial charge in [0, 0.05) is 50.3 Å². The van der Waals surface area contributed by atoms with Crippen molar-refractivity contribution < 1.29 is 4.79 Å². The van der Waals surface area contributed by atoms with E-state index in [-0.39, 0.29) is 5.91 Å². The van der Waals surface area contributed by atoms with E-state index < -0.39 is 0 Å². The first kappa shape index (κ1) is 17.4. The first-order valence-electron chi connectivity index (χ1n) is 9.37. The fraction of sp³-hybridized carbons (Fsp3) is 0.647. The standard InChI is InChI=1S/C17H25N7OS/c25-16(22-8-10-23(11-9-22)17-19-6-12-26-17)15-13-24(21-20-15)7-4-14-3-1-2-5-18-14/h6,12-14,18H,1-5,7-11H2/t14-/m0/s1. The highest BCUT2D eigenvalue weighted by Crippen LogP contribution is 2.19. The van der Waals surface area contributed by atoms with Gasteiger partial charge in [-0.05, 0) is 25.8 Å². The number of carbonyl (C=O) groups excluding carboxylic acids is 1. The molecule has 0 spiro atoms. The number of carbonyl (C=O) groups is 1. The molecule has 2 aromatic heterocycles. The molecule has 4 heterocycles. The molecule has 0 unspecified atom stereocenters. The molecule has 140 valence electrons. The number of amides is 1. The zero-order valence-corrected chi connectivity index (χ0v) is 15.7. The SMILES string of the molecule is O=C(c1cn(CC[C@@H]2CCCCN2)nn1)N1CCN(c2nccs2)CC1. The van der Waals surface area contributed by atoms with Crippen LogP contribution in [0, 0.1) is 0 Å². The van der Waals surface area contributed by atoms with E-state index in [1.165, 1.54) is 19.3 Å². The van der Waals surface area contributed by atoms with Gasteiger partial charge < -0.3 is 15.1 Å². The molecule has 2 aliphatic rings. The molecule has 2 fully saturated rings. The van der Waals surface area contributed by atoms with E-state index in [4.69, 9.17) is 0 Å². The maximum absolute atomic E-state index is 12.7. The number of aryl methyl sites for hydroxylation is 1. The van der Waals surface area contributed by atoms with Crippen molar-refractivity contribution in [2.75, 3.05) is 37.6 Å². The van der Waals surface area contributed by atoms with Crippen LogP contribution in [-0.2, 0) is 6.54 Å². The predicted molar refractivity (Wildman–Crippen MR) is 101 cm³/mol. The monoisotopic (exact) mass is 375 g/mol. The molecule has 1 atom stereocenters. The summed E-state index contributed by atoms with van der Waals surface area (Å²) in [7, 11) is 0. The Kier molecular flexibility index (Phi) is 5.45. The predicted octanol–water partition coefficient (Wildman–Crippen LogP) is 1.23. The van der Waals surface area contributed by atoms with Crippen molar-refractivity contribution >= 4 is 22.4 Å². The number of piperazine rings is 1. The lowest BCUT2D eigenvalue weighted by Gasteiger charge is -2.34. The van der Waals surface area contributed by atoms with Crippen molar-refractivity contribution in [3.63, 3.8) is 0 Å². The number of thiazole rings is 1. The Morgan fingerprint density at radius 1 is 1.27 bits per heavy atom. The van der Waals surface area contributed by atoms with Gasteiger partial charge in [0.25, 0.3) is 5.91 Å². The third-order valence-electron chi connectivity index (χ3n) is 5.13. The van der Waals surface area contributed by atoms with Gasteiger partial charge in [0.1, 0.15) is 0 Å². The molecule has 0 bridgehead atoms. The van der Waals surface area contributed by atoms with Crippen LogP contribution in [-0.4, -0.2) is 69.6 Å². The van der Waals surface area contributed by atoms with Crippen LogP contribution < -0.4 is 10.2 Å². The van der Waals surface area contributed by atoms with Gasteiger partial charge >= 0.3 is 0 Å². The van der Waals surface area contributed by atoms with E-state index in [0.717, 1.165) is 37.7 Å². The minimum Gasteiger partial charge on any atom is -0.345 e. The molecule has 2 saturated heterocycles. The van der Waals surface area contributed by atoms with Crippen molar-refractivity contribution in [3.05, 3.63) is 23.5 Å². The Labute approximate surface area is 157 Å². The quantitative estimate of drug-likeness (QED) is 0.847. The molecule has 4 rings (SSSR count). The van der Waals surface area contributed by atoms with Gasteiger partial charge in [-0.3, -0.25) is 9.48 Å². The summed E-state index contributed by atoms with van der Waals surface area (Å²) in [6.45, 7) is 4.91. The lowest BCUT2D eigenvalue weighted by Crippen LogP contribution is -2.48. The topological polar surface area (TPSA) is 79.2 Å². The molecule has 0 aliphatic carbocycles. The number of nitrogens with zero attached hydrogens (tertiary/aromatic N) is 6. The molecule has 1 amide bonds. The average Bonchev–Trinajstić information content (AvgIpc) is 3.39. The van der Waals surface area contributed by atoms with E-state index in [1.54, 1.807) is 22.2 Å². The minimum atomic E-state index is -0.0224. The zero-order chi connectivity index (χ0) is 17.8. The van der Waals surface area contributed by atoms with Crippen LogP contribution in [0.1, 0.15) is 36.2 Å². The molecule has 8 nitrogen and oxygen atoms in total. The van der Waals surface area contributed by atoms with Crippen LogP contribution in [0.25, 0.3) is 0 Å². The Hall–Kier alpha value is -2.00. The van der Waals surface area contributed by atoms with E-state index in [0.29, 0.717) is 24.8 Å². The molecule has 26 heavy (non-hydrogen) atoms. The highest BCUT2D eigenvalue weighted by molar-refractivity contribution is 7.13. The fourth-order valence-electron chi connectivity index (χ4n) is 3.60. The largest absolute Gasteiger partial charge is 0.345 e. The molecule has 2 aliphatic heterocycles. The van der Waals surface area contributed by atoms with Gasteiger partial charge in [-0.1, -0.05) is 11.6 Å². The summed E-state index contributed by atoms with van der Waals surface area (Å²) in [4.78, 5) is 21.1. The van der Waals surface area contributed by atoms with Crippen molar-refractivity contribution in [2.24, 2.45) is 0 Å². The lowest BCUT2D eigenvalue weighted by molar-refractivity contribution is 0.0740. The first-order valence-corrected chi connectivity index (χ1v) is 10.2. The second kappa shape index (κ2) is 8.13. The number of piperidine rings is 1. The maximum Gasteiger partial charge on any atom is 0.276 e.